The van der Waals surface area contributed by atoms with Gasteiger partial charge in [-0.1, -0.05) is 18.9 Å². The number of imide groups is 1. The molecule has 4 rings (SSSR count). The van der Waals surface area contributed by atoms with Crippen LogP contribution in [0.3, 0.4) is 0 Å². The molecule has 2 aromatic carbocycles. The molecule has 6 nitrogen and oxygen atoms in total. The molecule has 1 heterocycles. The van der Waals surface area contributed by atoms with Gasteiger partial charge in [0.25, 0.3) is 5.91 Å². The topological polar surface area (TPSA) is 74.8 Å². The molecular formula is C25H29IN2O4S. The first-order valence-corrected chi connectivity index (χ1v) is 13.8. The van der Waals surface area contributed by atoms with Gasteiger partial charge in [-0.15, -0.1) is 0 Å². The number of rotatable bonds is 5. The van der Waals surface area contributed by atoms with E-state index in [1.165, 1.54) is 4.31 Å². The van der Waals surface area contributed by atoms with E-state index in [0.717, 1.165) is 32.4 Å². The summed E-state index contributed by atoms with van der Waals surface area (Å²) in [7, 11) is -4.01. The Kier molecular flexibility index (Phi) is 6.72. The Morgan fingerprint density at radius 3 is 2.03 bits per heavy atom. The van der Waals surface area contributed by atoms with Crippen molar-refractivity contribution in [2.45, 2.75) is 76.8 Å². The van der Waals surface area contributed by atoms with E-state index < -0.39 is 22.0 Å². The zero-order valence-corrected chi connectivity index (χ0v) is 22.4. The summed E-state index contributed by atoms with van der Waals surface area (Å²) in [5.74, 6) is -0.824. The second kappa shape index (κ2) is 9.11. The maximum Gasteiger partial charge on any atom is 0.252 e. The van der Waals surface area contributed by atoms with Crippen LogP contribution in [-0.2, 0) is 19.6 Å². The lowest BCUT2D eigenvalue weighted by molar-refractivity contribution is -0.122. The summed E-state index contributed by atoms with van der Waals surface area (Å²) in [4.78, 5) is 28.0. The number of carbonyl (C=O) groups is 2. The molecule has 1 unspecified atom stereocenters. The highest BCUT2D eigenvalue weighted by Gasteiger charge is 2.50. The molecule has 1 saturated heterocycles. The molecule has 8 heteroatoms. The summed E-state index contributed by atoms with van der Waals surface area (Å²) < 4.78 is 30.8. The van der Waals surface area contributed by atoms with Gasteiger partial charge in [-0.25, -0.2) is 13.3 Å². The lowest BCUT2D eigenvalue weighted by atomic mass is 10.0. The van der Waals surface area contributed by atoms with E-state index >= 15 is 0 Å². The number of sulfonamides is 1. The summed E-state index contributed by atoms with van der Waals surface area (Å²) in [6, 6.07) is 7.80. The summed E-state index contributed by atoms with van der Waals surface area (Å²) in [6.07, 6.45) is 3.09. The van der Waals surface area contributed by atoms with Crippen molar-refractivity contribution in [2.24, 2.45) is 0 Å². The number of halogens is 1. The average Bonchev–Trinajstić information content (AvgIpc) is 3.36. The van der Waals surface area contributed by atoms with E-state index in [4.69, 9.17) is 0 Å². The molecule has 0 spiro atoms. The molecule has 33 heavy (non-hydrogen) atoms. The first-order chi connectivity index (χ1) is 15.5. The van der Waals surface area contributed by atoms with E-state index in [-0.39, 0.29) is 23.3 Å². The monoisotopic (exact) mass is 580 g/mol. The number of anilines is 1. The minimum atomic E-state index is -4.01. The summed E-state index contributed by atoms with van der Waals surface area (Å²) in [5, 5.41) is 0. The van der Waals surface area contributed by atoms with Gasteiger partial charge in [0.1, 0.15) is 6.04 Å². The Labute approximate surface area is 209 Å². The van der Waals surface area contributed by atoms with E-state index in [2.05, 4.69) is 22.6 Å². The highest BCUT2D eigenvalue weighted by atomic mass is 127. The fraction of sp³-hybridized carbons (Fsp3) is 0.440. The lowest BCUT2D eigenvalue weighted by Crippen LogP contribution is -2.50. The number of amides is 2. The highest BCUT2D eigenvalue weighted by molar-refractivity contribution is 14.1. The Bertz CT molecular complexity index is 1190. The Balaban J connectivity index is 1.82. The van der Waals surface area contributed by atoms with Gasteiger partial charge in [-0.2, -0.15) is 4.31 Å². The predicted octanol–water partition coefficient (Wildman–Crippen LogP) is 4.79. The maximum absolute atomic E-state index is 14.2. The number of hydrogen-bond donors (Lipinski definition) is 0. The third-order valence-electron chi connectivity index (χ3n) is 7.03. The van der Waals surface area contributed by atoms with Crippen molar-refractivity contribution >= 4 is 50.1 Å². The summed E-state index contributed by atoms with van der Waals surface area (Å²) >= 11 is 2.16. The van der Waals surface area contributed by atoms with Crippen molar-refractivity contribution in [1.82, 2.24) is 4.31 Å². The molecule has 176 valence electrons. The van der Waals surface area contributed by atoms with E-state index in [9.17, 15) is 18.0 Å². The number of carbonyl (C=O) groups excluding carboxylic acids is 2. The van der Waals surface area contributed by atoms with Crippen molar-refractivity contribution in [2.75, 3.05) is 4.90 Å². The Morgan fingerprint density at radius 2 is 1.48 bits per heavy atom. The molecule has 1 aliphatic carbocycles. The number of hydrogen-bond acceptors (Lipinski definition) is 4. The second-order valence-electron chi connectivity index (χ2n) is 9.13. The molecule has 0 aromatic heterocycles. The molecule has 2 aliphatic rings. The van der Waals surface area contributed by atoms with Gasteiger partial charge in [0, 0.05) is 9.61 Å². The average molecular weight is 580 g/mol. The summed E-state index contributed by atoms with van der Waals surface area (Å²) in [5.41, 5.74) is 3.69. The second-order valence-corrected chi connectivity index (χ2v) is 12.2. The molecule has 1 saturated carbocycles. The quantitative estimate of drug-likeness (QED) is 0.377. The minimum absolute atomic E-state index is 0.135. The third kappa shape index (κ3) is 4.25. The Hall–Kier alpha value is -1.78. The van der Waals surface area contributed by atoms with Crippen LogP contribution in [0.25, 0.3) is 0 Å². The zero-order chi connectivity index (χ0) is 24.1. The van der Waals surface area contributed by atoms with Crippen molar-refractivity contribution < 1.29 is 18.0 Å². The minimum Gasteiger partial charge on any atom is -0.274 e. The number of benzene rings is 2. The van der Waals surface area contributed by atoms with Crippen LogP contribution < -0.4 is 4.90 Å². The van der Waals surface area contributed by atoms with Gasteiger partial charge in [-0.3, -0.25) is 9.59 Å². The lowest BCUT2D eigenvalue weighted by Gasteiger charge is -2.33. The van der Waals surface area contributed by atoms with E-state index in [1.807, 2.05) is 45.9 Å². The van der Waals surface area contributed by atoms with Crippen molar-refractivity contribution in [3.8, 4) is 0 Å². The van der Waals surface area contributed by atoms with Gasteiger partial charge in [0.2, 0.25) is 15.9 Å². The SMILES string of the molecule is Cc1cc(C)c(C)c(S(=O)(=O)N(C2CCCC2)C2CC(=O)N(c3ccc(I)cc3)C2=O)c1C. The van der Waals surface area contributed by atoms with Crippen molar-refractivity contribution in [3.05, 3.63) is 56.2 Å². The van der Waals surface area contributed by atoms with Crippen LogP contribution in [-0.4, -0.2) is 36.6 Å². The standard InChI is InChI=1S/C25H29IN2O4S/c1-15-13-16(2)18(4)24(17(15)3)33(31,32)28(21-7-5-6-8-21)22-14-23(29)27(25(22)30)20-11-9-19(26)10-12-20/h9-13,21-22H,5-8,14H2,1-4H3. The van der Waals surface area contributed by atoms with Crippen LogP contribution in [0.4, 0.5) is 5.69 Å². The predicted molar refractivity (Wildman–Crippen MR) is 137 cm³/mol. The maximum atomic E-state index is 14.2. The van der Waals surface area contributed by atoms with Crippen molar-refractivity contribution in [3.63, 3.8) is 0 Å². The van der Waals surface area contributed by atoms with Gasteiger partial charge >= 0.3 is 0 Å². The van der Waals surface area contributed by atoms with E-state index in [0.29, 0.717) is 29.7 Å². The van der Waals surface area contributed by atoms with E-state index in [1.54, 1.807) is 12.1 Å². The van der Waals surface area contributed by atoms with Crippen LogP contribution in [0.15, 0.2) is 35.2 Å². The van der Waals surface area contributed by atoms with Crippen LogP contribution in [0.1, 0.15) is 54.4 Å². The van der Waals surface area contributed by atoms with Crippen LogP contribution in [0.5, 0.6) is 0 Å². The molecule has 0 radical (unpaired) electrons. The normalized spacial score (nSPS) is 19.8. The zero-order valence-electron chi connectivity index (χ0n) is 19.4. The van der Waals surface area contributed by atoms with Gasteiger partial charge in [0.15, 0.2) is 0 Å². The van der Waals surface area contributed by atoms with Gasteiger partial charge in [0.05, 0.1) is 17.0 Å². The largest absolute Gasteiger partial charge is 0.274 e. The highest BCUT2D eigenvalue weighted by Crippen LogP contribution is 2.38. The fourth-order valence-corrected chi connectivity index (χ4v) is 7.90. The molecule has 0 N–H and O–H groups in total. The number of nitrogens with zero attached hydrogens (tertiary/aromatic N) is 2. The molecule has 1 aliphatic heterocycles. The molecule has 2 amide bonds. The third-order valence-corrected chi connectivity index (χ3v) is 9.99. The first-order valence-electron chi connectivity index (χ1n) is 11.3. The Morgan fingerprint density at radius 1 is 0.939 bits per heavy atom. The molecule has 2 fully saturated rings. The summed E-state index contributed by atoms with van der Waals surface area (Å²) in [6.45, 7) is 7.45. The smallest absolute Gasteiger partial charge is 0.252 e. The number of aryl methyl sites for hydroxylation is 2. The van der Waals surface area contributed by atoms with Crippen molar-refractivity contribution in [1.29, 1.82) is 0 Å². The van der Waals surface area contributed by atoms with Crippen LogP contribution in [0, 0.1) is 31.3 Å². The first kappa shape index (κ1) is 24.3. The fourth-order valence-electron chi connectivity index (χ4n) is 5.13. The van der Waals surface area contributed by atoms with Crippen LogP contribution in [0.2, 0.25) is 0 Å². The molecule has 2 aromatic rings. The van der Waals surface area contributed by atoms with Gasteiger partial charge in [-0.05, 0) is 110 Å². The van der Waals surface area contributed by atoms with Crippen LogP contribution >= 0.6 is 22.6 Å². The molecule has 1 atom stereocenters. The molecular weight excluding hydrogens is 551 g/mol. The van der Waals surface area contributed by atoms with Gasteiger partial charge < -0.3 is 0 Å². The molecule has 0 bridgehead atoms.